The van der Waals surface area contributed by atoms with Crippen molar-refractivity contribution in [3.8, 4) is 0 Å². The lowest BCUT2D eigenvalue weighted by Gasteiger charge is -2.19. The van der Waals surface area contributed by atoms with Gasteiger partial charge in [0.15, 0.2) is 0 Å². The highest BCUT2D eigenvalue weighted by atomic mass is 32.2. The van der Waals surface area contributed by atoms with Gasteiger partial charge in [0.05, 0.1) is 4.91 Å². The Bertz CT molecular complexity index is 866. The van der Waals surface area contributed by atoms with Crippen LogP contribution in [0.15, 0.2) is 77.3 Å². The van der Waals surface area contributed by atoms with Crippen molar-refractivity contribution in [1.29, 1.82) is 0 Å². The fourth-order valence-corrected chi connectivity index (χ4v) is 5.32. The van der Waals surface area contributed by atoms with Crippen molar-refractivity contribution in [2.45, 2.75) is 6.54 Å². The first kappa shape index (κ1) is 16.5. The Hall–Kier alpha value is -1.95. The standard InChI is InChI=1S/C20H22N2O2S/c23-25(24)20-11-7-2-1-6-10-18(20)19-15-22(14-17(19)12-21-25)13-16-8-4-3-5-9-16/h1-11,17,19,21H,12-15H2/b2-1?,6-1-,7-2-,10-6?,11-7?,18-10-,20-11+. The molecule has 25 heavy (non-hydrogen) atoms. The Kier molecular flexibility index (Phi) is 4.46. The number of hydrogen-bond acceptors (Lipinski definition) is 3. The van der Waals surface area contributed by atoms with Gasteiger partial charge < -0.3 is 0 Å². The van der Waals surface area contributed by atoms with Crippen molar-refractivity contribution < 1.29 is 8.42 Å². The van der Waals surface area contributed by atoms with Gasteiger partial charge in [0, 0.05) is 32.1 Å². The zero-order valence-electron chi connectivity index (χ0n) is 14.0. The maximum Gasteiger partial charge on any atom is 0.240 e. The molecule has 0 bridgehead atoms. The second kappa shape index (κ2) is 6.75. The second-order valence-corrected chi connectivity index (χ2v) is 8.56. The van der Waals surface area contributed by atoms with Gasteiger partial charge in [-0.3, -0.25) is 4.90 Å². The highest BCUT2D eigenvalue weighted by molar-refractivity contribution is 7.93. The van der Waals surface area contributed by atoms with E-state index < -0.39 is 10.0 Å². The molecule has 0 aromatic heterocycles. The molecule has 130 valence electrons. The third-order valence-corrected chi connectivity index (χ3v) is 6.63. The Balaban J connectivity index is 1.63. The van der Waals surface area contributed by atoms with E-state index in [9.17, 15) is 8.42 Å². The Morgan fingerprint density at radius 1 is 1.00 bits per heavy atom. The number of benzene rings is 1. The van der Waals surface area contributed by atoms with Crippen LogP contribution in [0.4, 0.5) is 0 Å². The summed E-state index contributed by atoms with van der Waals surface area (Å²) in [5, 5.41) is 0. The van der Waals surface area contributed by atoms with E-state index in [-0.39, 0.29) is 5.92 Å². The highest BCUT2D eigenvalue weighted by Gasteiger charge is 2.41. The van der Waals surface area contributed by atoms with Crippen LogP contribution in [0.25, 0.3) is 0 Å². The molecule has 0 radical (unpaired) electrons. The van der Waals surface area contributed by atoms with E-state index in [0.717, 1.165) is 25.2 Å². The van der Waals surface area contributed by atoms with Gasteiger partial charge in [-0.1, -0.05) is 60.7 Å². The van der Waals surface area contributed by atoms with Gasteiger partial charge in [0.2, 0.25) is 10.0 Å². The molecule has 0 amide bonds. The van der Waals surface area contributed by atoms with Gasteiger partial charge >= 0.3 is 0 Å². The van der Waals surface area contributed by atoms with E-state index in [2.05, 4.69) is 33.9 Å². The predicted octanol–water partition coefficient (Wildman–Crippen LogP) is 2.60. The molecule has 5 heteroatoms. The van der Waals surface area contributed by atoms with Crippen LogP contribution in [-0.2, 0) is 16.6 Å². The molecule has 2 heterocycles. The van der Waals surface area contributed by atoms with Gasteiger partial charge in [-0.25, -0.2) is 13.1 Å². The highest BCUT2D eigenvalue weighted by Crippen LogP contribution is 2.38. The van der Waals surface area contributed by atoms with E-state index in [4.69, 9.17) is 0 Å². The van der Waals surface area contributed by atoms with Crippen molar-refractivity contribution in [1.82, 2.24) is 9.62 Å². The zero-order valence-corrected chi connectivity index (χ0v) is 14.8. The van der Waals surface area contributed by atoms with E-state index >= 15 is 0 Å². The lowest BCUT2D eigenvalue weighted by atomic mass is 9.87. The maximum atomic E-state index is 12.6. The van der Waals surface area contributed by atoms with Gasteiger partial charge in [-0.05, 0) is 23.1 Å². The van der Waals surface area contributed by atoms with Crippen molar-refractivity contribution >= 4 is 10.0 Å². The fourth-order valence-electron chi connectivity index (χ4n) is 3.94. The monoisotopic (exact) mass is 354 g/mol. The molecule has 4 rings (SSSR count). The first-order chi connectivity index (χ1) is 12.1. The van der Waals surface area contributed by atoms with Crippen LogP contribution in [0.5, 0.6) is 0 Å². The summed E-state index contributed by atoms with van der Waals surface area (Å²) in [7, 11) is -3.44. The molecule has 2 unspecified atom stereocenters. The summed E-state index contributed by atoms with van der Waals surface area (Å²) in [5.74, 6) is 0.531. The third-order valence-electron chi connectivity index (χ3n) is 5.13. The molecule has 1 aromatic rings. The zero-order chi connectivity index (χ0) is 17.3. The molecule has 2 fully saturated rings. The summed E-state index contributed by atoms with van der Waals surface area (Å²) in [6.07, 6.45) is 11.2. The van der Waals surface area contributed by atoms with Crippen LogP contribution in [0.1, 0.15) is 5.56 Å². The topological polar surface area (TPSA) is 49.4 Å². The lowest BCUT2D eigenvalue weighted by Crippen LogP contribution is -2.30. The number of sulfonamides is 1. The lowest BCUT2D eigenvalue weighted by molar-refractivity contribution is 0.314. The average Bonchev–Trinajstić information content (AvgIpc) is 2.92. The maximum absolute atomic E-state index is 12.6. The van der Waals surface area contributed by atoms with Crippen LogP contribution in [0.3, 0.4) is 0 Å². The number of hydrogen-bond donors (Lipinski definition) is 1. The van der Waals surface area contributed by atoms with E-state index in [1.54, 1.807) is 12.2 Å². The molecule has 1 N–H and O–H groups in total. The number of rotatable bonds is 2. The molecular formula is C20H22N2O2S. The molecule has 1 aromatic carbocycles. The van der Waals surface area contributed by atoms with Gasteiger partial charge in [0.1, 0.15) is 0 Å². The van der Waals surface area contributed by atoms with Gasteiger partial charge in [0.25, 0.3) is 0 Å². The smallest absolute Gasteiger partial charge is 0.240 e. The van der Waals surface area contributed by atoms with Crippen molar-refractivity contribution in [3.05, 3.63) is 82.8 Å². The molecule has 4 nitrogen and oxygen atoms in total. The summed E-state index contributed by atoms with van der Waals surface area (Å²) in [6.45, 7) is 3.20. The minimum atomic E-state index is -3.44. The quantitative estimate of drug-likeness (QED) is 0.888. The SMILES string of the molecule is O=S1(=O)NCC2CN(Cc3ccccc3)CC2C2=C/C=C\C=C/C=C\21. The largest absolute Gasteiger partial charge is 0.298 e. The molecule has 0 spiro atoms. The number of nitrogens with zero attached hydrogens (tertiary/aromatic N) is 1. The van der Waals surface area contributed by atoms with E-state index in [1.807, 2.05) is 30.4 Å². The molecule has 1 aliphatic carbocycles. The number of allylic oxidation sites excluding steroid dienone is 7. The molecule has 2 atom stereocenters. The van der Waals surface area contributed by atoms with Crippen LogP contribution in [-0.4, -0.2) is 33.0 Å². The summed E-state index contributed by atoms with van der Waals surface area (Å²) in [4.78, 5) is 2.85. The summed E-state index contributed by atoms with van der Waals surface area (Å²) in [6, 6.07) is 10.4. The average molecular weight is 354 g/mol. The van der Waals surface area contributed by atoms with Crippen molar-refractivity contribution in [3.63, 3.8) is 0 Å². The van der Waals surface area contributed by atoms with Gasteiger partial charge in [-0.15, -0.1) is 0 Å². The van der Waals surface area contributed by atoms with Crippen molar-refractivity contribution in [2.24, 2.45) is 11.8 Å². The van der Waals surface area contributed by atoms with Crippen LogP contribution in [0, 0.1) is 11.8 Å². The minimum absolute atomic E-state index is 0.232. The predicted molar refractivity (Wildman–Crippen MR) is 100 cm³/mol. The summed E-state index contributed by atoms with van der Waals surface area (Å²) < 4.78 is 28.0. The third kappa shape index (κ3) is 3.40. The molecular weight excluding hydrogens is 332 g/mol. The van der Waals surface area contributed by atoms with Crippen molar-refractivity contribution in [2.75, 3.05) is 19.6 Å². The Morgan fingerprint density at radius 2 is 1.76 bits per heavy atom. The Labute approximate surface area is 149 Å². The van der Waals surface area contributed by atoms with E-state index in [0.29, 0.717) is 17.4 Å². The summed E-state index contributed by atoms with van der Waals surface area (Å²) >= 11 is 0. The first-order valence-electron chi connectivity index (χ1n) is 8.65. The minimum Gasteiger partial charge on any atom is -0.298 e. The number of nitrogens with one attached hydrogen (secondary N) is 1. The summed E-state index contributed by atoms with van der Waals surface area (Å²) in [5.41, 5.74) is 2.23. The van der Waals surface area contributed by atoms with Crippen LogP contribution < -0.4 is 4.72 Å². The fraction of sp³-hybridized carbons (Fsp3) is 0.300. The molecule has 2 aliphatic heterocycles. The van der Waals surface area contributed by atoms with Crippen LogP contribution in [0.2, 0.25) is 0 Å². The molecule has 3 aliphatic rings. The van der Waals surface area contributed by atoms with Gasteiger partial charge in [-0.2, -0.15) is 0 Å². The van der Waals surface area contributed by atoms with E-state index in [1.165, 1.54) is 5.56 Å². The molecule has 0 saturated carbocycles. The normalized spacial score (nSPS) is 34.9. The van der Waals surface area contributed by atoms with Crippen LogP contribution >= 0.6 is 0 Å². The second-order valence-electron chi connectivity index (χ2n) is 6.82. The molecule has 2 saturated heterocycles. The first-order valence-corrected chi connectivity index (χ1v) is 10.1. The number of likely N-dealkylation sites (tertiary alicyclic amines) is 1. The Morgan fingerprint density at radius 3 is 2.56 bits per heavy atom. The number of fused-ring (bicyclic) bond motifs is 3.